The molecule has 148 valence electrons. The largest absolute Gasteiger partial charge is 0.340 e. The normalized spacial score (nSPS) is 26.4. The first kappa shape index (κ1) is 19.1. The molecule has 0 spiro atoms. The summed E-state index contributed by atoms with van der Waals surface area (Å²) in [5.74, 6) is 0.496. The molecule has 2 aromatic rings. The number of piperazine rings is 1. The van der Waals surface area contributed by atoms with E-state index >= 15 is 0 Å². The molecule has 1 heterocycles. The van der Waals surface area contributed by atoms with Crippen LogP contribution in [0, 0.1) is 11.7 Å². The maximum atomic E-state index is 14.0. The van der Waals surface area contributed by atoms with Gasteiger partial charge in [-0.15, -0.1) is 0 Å². The highest BCUT2D eigenvalue weighted by molar-refractivity contribution is 5.79. The van der Waals surface area contributed by atoms with Crippen LogP contribution < -0.4 is 0 Å². The fraction of sp³-hybridized carbons (Fsp3) is 0.458. The van der Waals surface area contributed by atoms with Gasteiger partial charge in [0.1, 0.15) is 5.82 Å². The third-order valence-corrected chi connectivity index (χ3v) is 7.03. The van der Waals surface area contributed by atoms with Crippen LogP contribution in [0.5, 0.6) is 0 Å². The van der Waals surface area contributed by atoms with Gasteiger partial charge in [0.2, 0.25) is 5.91 Å². The average molecular weight is 381 g/mol. The molecule has 4 heteroatoms. The molecule has 0 N–H and O–H groups in total. The summed E-state index contributed by atoms with van der Waals surface area (Å²) in [6.07, 6.45) is 1.64. The Bertz CT molecular complexity index is 896. The van der Waals surface area contributed by atoms with Crippen LogP contribution in [0.25, 0.3) is 0 Å². The number of fused-ring (bicyclic) bond motifs is 2. The fourth-order valence-corrected chi connectivity index (χ4v) is 5.28. The van der Waals surface area contributed by atoms with E-state index in [4.69, 9.17) is 0 Å². The summed E-state index contributed by atoms with van der Waals surface area (Å²) in [6.45, 7) is 4.94. The third kappa shape index (κ3) is 3.24. The molecule has 1 aliphatic carbocycles. The van der Waals surface area contributed by atoms with Gasteiger partial charge in [0.25, 0.3) is 0 Å². The Morgan fingerprint density at radius 1 is 1.07 bits per heavy atom. The van der Waals surface area contributed by atoms with Crippen molar-refractivity contribution in [2.24, 2.45) is 5.92 Å². The summed E-state index contributed by atoms with van der Waals surface area (Å²) in [7, 11) is 3.96. The number of hydrogen-bond donors (Lipinski definition) is 0. The highest BCUT2D eigenvalue weighted by Gasteiger charge is 2.41. The zero-order valence-corrected chi connectivity index (χ0v) is 17.2. The van der Waals surface area contributed by atoms with Gasteiger partial charge in [-0.2, -0.15) is 0 Å². The van der Waals surface area contributed by atoms with E-state index in [1.165, 1.54) is 16.7 Å². The molecule has 4 rings (SSSR count). The van der Waals surface area contributed by atoms with E-state index in [1.54, 1.807) is 12.1 Å². The van der Waals surface area contributed by atoms with Crippen LogP contribution in [-0.4, -0.2) is 48.4 Å². The number of halogens is 1. The quantitative estimate of drug-likeness (QED) is 0.790. The molecule has 3 nitrogen and oxygen atoms in total. The number of hydrogen-bond acceptors (Lipinski definition) is 2. The zero-order chi connectivity index (χ0) is 20.0. The minimum atomic E-state index is -0.172. The Morgan fingerprint density at radius 3 is 2.61 bits per heavy atom. The number of nitrogens with zero attached hydrogens (tertiary/aromatic N) is 2. The van der Waals surface area contributed by atoms with Crippen LogP contribution in [0.15, 0.2) is 42.5 Å². The minimum absolute atomic E-state index is 0.124. The van der Waals surface area contributed by atoms with Crippen molar-refractivity contribution >= 4 is 5.91 Å². The van der Waals surface area contributed by atoms with Gasteiger partial charge >= 0.3 is 0 Å². The van der Waals surface area contributed by atoms with Crippen molar-refractivity contribution in [2.45, 2.75) is 44.7 Å². The molecule has 0 saturated carbocycles. The number of benzene rings is 2. The molecule has 0 radical (unpaired) electrons. The fourth-order valence-electron chi connectivity index (χ4n) is 5.28. The van der Waals surface area contributed by atoms with E-state index in [0.29, 0.717) is 6.54 Å². The van der Waals surface area contributed by atoms with Crippen LogP contribution in [0.3, 0.4) is 0 Å². The van der Waals surface area contributed by atoms with Gasteiger partial charge in [-0.05, 0) is 73.0 Å². The minimum Gasteiger partial charge on any atom is -0.340 e. The molecule has 4 atom stereocenters. The lowest BCUT2D eigenvalue weighted by molar-refractivity contribution is -0.142. The Balaban J connectivity index is 1.77. The molecular formula is C24H29FN2O. The topological polar surface area (TPSA) is 23.6 Å². The van der Waals surface area contributed by atoms with Crippen LogP contribution in [-0.2, 0) is 17.6 Å². The molecule has 1 amide bonds. The van der Waals surface area contributed by atoms with E-state index in [0.717, 1.165) is 18.4 Å². The molecule has 1 aliphatic heterocycles. The van der Waals surface area contributed by atoms with E-state index in [2.05, 4.69) is 43.0 Å². The average Bonchev–Trinajstić information content (AvgIpc) is 2.83. The van der Waals surface area contributed by atoms with Crippen LogP contribution >= 0.6 is 0 Å². The van der Waals surface area contributed by atoms with Gasteiger partial charge in [0, 0.05) is 19.1 Å². The Morgan fingerprint density at radius 2 is 1.82 bits per heavy atom. The van der Waals surface area contributed by atoms with Crippen molar-refractivity contribution in [3.63, 3.8) is 0 Å². The summed E-state index contributed by atoms with van der Waals surface area (Å²) < 4.78 is 14.0. The van der Waals surface area contributed by atoms with Gasteiger partial charge < -0.3 is 4.90 Å². The smallest absolute Gasteiger partial charge is 0.236 e. The van der Waals surface area contributed by atoms with Crippen molar-refractivity contribution in [1.82, 2.24) is 9.80 Å². The predicted octanol–water partition coefficient (Wildman–Crippen LogP) is 3.85. The molecule has 1 saturated heterocycles. The lowest BCUT2D eigenvalue weighted by atomic mass is 9.75. The summed E-state index contributed by atoms with van der Waals surface area (Å²) in [6, 6.07) is 14.2. The van der Waals surface area contributed by atoms with Crippen molar-refractivity contribution in [3.05, 3.63) is 70.5 Å². The SMILES string of the molecule is CC(C1Cc2cc(F)ccc2Cc2ccccc21)[C@@H]1C(C)N(C)CC(=O)N1C. The summed E-state index contributed by atoms with van der Waals surface area (Å²) in [4.78, 5) is 16.6. The summed E-state index contributed by atoms with van der Waals surface area (Å²) >= 11 is 0. The summed E-state index contributed by atoms with van der Waals surface area (Å²) in [5, 5.41) is 0. The molecule has 0 aromatic heterocycles. The van der Waals surface area contributed by atoms with E-state index in [1.807, 2.05) is 25.1 Å². The van der Waals surface area contributed by atoms with E-state index < -0.39 is 0 Å². The molecule has 1 fully saturated rings. The second-order valence-corrected chi connectivity index (χ2v) is 8.61. The van der Waals surface area contributed by atoms with Gasteiger partial charge in [-0.1, -0.05) is 37.3 Å². The van der Waals surface area contributed by atoms with E-state index in [-0.39, 0.29) is 35.6 Å². The van der Waals surface area contributed by atoms with Crippen LogP contribution in [0.1, 0.15) is 42.0 Å². The maximum absolute atomic E-state index is 14.0. The number of carbonyl (C=O) groups is 1. The van der Waals surface area contributed by atoms with Crippen molar-refractivity contribution in [1.29, 1.82) is 0 Å². The van der Waals surface area contributed by atoms with Crippen molar-refractivity contribution < 1.29 is 9.18 Å². The predicted molar refractivity (Wildman–Crippen MR) is 110 cm³/mol. The third-order valence-electron chi connectivity index (χ3n) is 7.03. The van der Waals surface area contributed by atoms with Gasteiger partial charge in [-0.3, -0.25) is 9.69 Å². The van der Waals surface area contributed by atoms with Crippen LogP contribution in [0.4, 0.5) is 4.39 Å². The molecule has 0 bridgehead atoms. The Hall–Kier alpha value is -2.20. The molecular weight excluding hydrogens is 351 g/mol. The first-order valence-corrected chi connectivity index (χ1v) is 10.2. The first-order chi connectivity index (χ1) is 13.4. The number of carbonyl (C=O) groups excluding carboxylic acids is 1. The maximum Gasteiger partial charge on any atom is 0.236 e. The highest BCUT2D eigenvalue weighted by atomic mass is 19.1. The van der Waals surface area contributed by atoms with E-state index in [9.17, 15) is 9.18 Å². The van der Waals surface area contributed by atoms with Crippen molar-refractivity contribution in [3.8, 4) is 0 Å². The van der Waals surface area contributed by atoms with Crippen molar-refractivity contribution in [2.75, 3.05) is 20.6 Å². The lowest BCUT2D eigenvalue weighted by Gasteiger charge is -2.47. The number of likely N-dealkylation sites (N-methyl/N-ethyl adjacent to an activating group) is 2. The molecule has 2 aromatic carbocycles. The molecule has 3 unspecified atom stereocenters. The Labute approximate surface area is 167 Å². The molecule has 2 aliphatic rings. The van der Waals surface area contributed by atoms with Gasteiger partial charge in [0.15, 0.2) is 0 Å². The number of rotatable bonds is 2. The monoisotopic (exact) mass is 380 g/mol. The second kappa shape index (κ2) is 7.32. The van der Waals surface area contributed by atoms with Gasteiger partial charge in [-0.25, -0.2) is 4.39 Å². The second-order valence-electron chi connectivity index (χ2n) is 8.61. The summed E-state index contributed by atoms with van der Waals surface area (Å²) in [5.41, 5.74) is 4.96. The highest BCUT2D eigenvalue weighted by Crippen LogP contribution is 2.40. The van der Waals surface area contributed by atoms with Gasteiger partial charge in [0.05, 0.1) is 6.54 Å². The number of amides is 1. The lowest BCUT2D eigenvalue weighted by Crippen LogP contribution is -2.61. The molecule has 28 heavy (non-hydrogen) atoms. The Kier molecular flexibility index (Phi) is 5.00. The standard InChI is InChI=1S/C24H29FN2O/c1-15(24-16(2)26(3)14-23(28)27(24)4)22-13-19-12-20(25)10-9-17(19)11-18-7-5-6-8-21(18)22/h5-10,12,15-16,22,24H,11,13-14H2,1-4H3/t15?,16?,22?,24-/m1/s1. The first-order valence-electron chi connectivity index (χ1n) is 10.2. The zero-order valence-electron chi connectivity index (χ0n) is 17.2. The van der Waals surface area contributed by atoms with Crippen LogP contribution in [0.2, 0.25) is 0 Å².